The molecule has 4 aromatic rings. The number of aromatic nitrogens is 2. The highest BCUT2D eigenvalue weighted by Gasteiger charge is 2.24. The number of fused-ring (bicyclic) bond motifs is 2. The topological polar surface area (TPSA) is 55.2 Å². The molecule has 2 atom stereocenters. The zero-order valence-electron chi connectivity index (χ0n) is 15.8. The van der Waals surface area contributed by atoms with Crippen molar-refractivity contribution in [3.05, 3.63) is 59.5 Å². The quantitative estimate of drug-likeness (QED) is 0.459. The van der Waals surface area contributed by atoms with Crippen molar-refractivity contribution in [3.63, 3.8) is 0 Å². The third kappa shape index (κ3) is 3.82. The third-order valence-corrected chi connectivity index (χ3v) is 6.64. The van der Waals surface area contributed by atoms with Crippen molar-refractivity contribution in [2.75, 3.05) is 0 Å². The van der Waals surface area contributed by atoms with E-state index >= 15 is 0 Å². The lowest BCUT2D eigenvalue weighted by molar-refractivity contribution is 0.0700. The van der Waals surface area contributed by atoms with Gasteiger partial charge in [-0.1, -0.05) is 12.8 Å². The van der Waals surface area contributed by atoms with E-state index in [1.165, 1.54) is 18.6 Å². The standard InChI is InChI=1S/C23H21FN2O2S/c24-15-5-7-18-17(12-15)21(9-10-25-18)28-16-6-8-19-22(13-16)29-23(26-19)11-14-3-1-2-4-20(14)27/h5-10,12-14,20,27H,1-4,11H2/t14-,20+/m0/s1. The van der Waals surface area contributed by atoms with Gasteiger partial charge in [0.15, 0.2) is 0 Å². The lowest BCUT2D eigenvalue weighted by Crippen LogP contribution is -2.26. The lowest BCUT2D eigenvalue weighted by Gasteiger charge is -2.26. The second-order valence-electron chi connectivity index (χ2n) is 7.63. The van der Waals surface area contributed by atoms with Gasteiger partial charge >= 0.3 is 0 Å². The number of rotatable bonds is 4. The second kappa shape index (κ2) is 7.69. The number of hydrogen-bond donors (Lipinski definition) is 1. The van der Waals surface area contributed by atoms with E-state index < -0.39 is 0 Å². The van der Waals surface area contributed by atoms with Gasteiger partial charge in [0.05, 0.1) is 26.8 Å². The fourth-order valence-electron chi connectivity index (χ4n) is 4.06. The van der Waals surface area contributed by atoms with Crippen LogP contribution in [0.3, 0.4) is 0 Å². The number of thiazole rings is 1. The molecular weight excluding hydrogens is 387 g/mol. The number of halogens is 1. The molecule has 148 valence electrons. The van der Waals surface area contributed by atoms with E-state index in [-0.39, 0.29) is 11.9 Å². The van der Waals surface area contributed by atoms with E-state index in [2.05, 4.69) is 4.98 Å². The summed E-state index contributed by atoms with van der Waals surface area (Å²) in [6, 6.07) is 12.0. The van der Waals surface area contributed by atoms with Crippen molar-refractivity contribution in [3.8, 4) is 11.5 Å². The average Bonchev–Trinajstić information content (AvgIpc) is 3.12. The molecule has 0 unspecified atom stereocenters. The predicted octanol–water partition coefficient (Wildman–Crippen LogP) is 5.87. The number of hydrogen-bond acceptors (Lipinski definition) is 5. The number of aliphatic hydroxyl groups excluding tert-OH is 1. The maximum Gasteiger partial charge on any atom is 0.138 e. The first-order chi connectivity index (χ1) is 14.2. The zero-order valence-corrected chi connectivity index (χ0v) is 16.7. The third-order valence-electron chi connectivity index (χ3n) is 5.60. The number of aliphatic hydroxyl groups is 1. The molecule has 2 aromatic carbocycles. The maximum atomic E-state index is 13.7. The van der Waals surface area contributed by atoms with Gasteiger partial charge in [-0.15, -0.1) is 11.3 Å². The summed E-state index contributed by atoms with van der Waals surface area (Å²) in [5, 5.41) is 11.9. The summed E-state index contributed by atoms with van der Waals surface area (Å²) in [7, 11) is 0. The van der Waals surface area contributed by atoms with Gasteiger partial charge in [-0.25, -0.2) is 9.37 Å². The Labute approximate surface area is 172 Å². The molecule has 0 amide bonds. The Morgan fingerprint density at radius 2 is 1.93 bits per heavy atom. The Kier molecular flexibility index (Phi) is 4.89. The normalized spacial score (nSPS) is 19.7. The highest BCUT2D eigenvalue weighted by atomic mass is 32.1. The zero-order chi connectivity index (χ0) is 19.8. The van der Waals surface area contributed by atoms with Crippen molar-refractivity contribution in [1.82, 2.24) is 9.97 Å². The summed E-state index contributed by atoms with van der Waals surface area (Å²) in [4.78, 5) is 9.01. The van der Waals surface area contributed by atoms with Gasteiger partial charge in [-0.3, -0.25) is 4.98 Å². The van der Waals surface area contributed by atoms with Crippen LogP contribution in [0.5, 0.6) is 11.5 Å². The first-order valence-electron chi connectivity index (χ1n) is 9.95. The van der Waals surface area contributed by atoms with Crippen molar-refractivity contribution in [2.24, 2.45) is 5.92 Å². The van der Waals surface area contributed by atoms with Crippen LogP contribution in [0.15, 0.2) is 48.7 Å². The van der Waals surface area contributed by atoms with Crippen LogP contribution < -0.4 is 4.74 Å². The second-order valence-corrected chi connectivity index (χ2v) is 8.74. The van der Waals surface area contributed by atoms with Gasteiger partial charge in [0.2, 0.25) is 0 Å². The molecule has 2 aromatic heterocycles. The summed E-state index contributed by atoms with van der Waals surface area (Å²) < 4.78 is 20.8. The molecule has 0 radical (unpaired) electrons. The molecule has 1 aliphatic rings. The monoisotopic (exact) mass is 408 g/mol. The predicted molar refractivity (Wildman–Crippen MR) is 113 cm³/mol. The molecular formula is C23H21FN2O2S. The Morgan fingerprint density at radius 1 is 1.07 bits per heavy atom. The number of ether oxygens (including phenoxy) is 1. The van der Waals surface area contributed by atoms with Crippen LogP contribution in [0, 0.1) is 11.7 Å². The van der Waals surface area contributed by atoms with Gasteiger partial charge in [0, 0.05) is 24.1 Å². The van der Waals surface area contributed by atoms with Crippen molar-refractivity contribution in [1.29, 1.82) is 0 Å². The van der Waals surface area contributed by atoms with E-state index in [4.69, 9.17) is 9.72 Å². The van der Waals surface area contributed by atoms with Crippen molar-refractivity contribution in [2.45, 2.75) is 38.2 Å². The molecule has 0 aliphatic heterocycles. The SMILES string of the molecule is O[C@@H]1CCCC[C@H]1Cc1nc2ccc(Oc3ccnc4ccc(F)cc34)cc2s1. The fourth-order valence-corrected chi connectivity index (χ4v) is 5.15. The highest BCUT2D eigenvalue weighted by molar-refractivity contribution is 7.18. The minimum atomic E-state index is -0.317. The first kappa shape index (κ1) is 18.5. The molecule has 2 heterocycles. The van der Waals surface area contributed by atoms with Gasteiger partial charge in [0.1, 0.15) is 17.3 Å². The van der Waals surface area contributed by atoms with Gasteiger partial charge in [0.25, 0.3) is 0 Å². The minimum absolute atomic E-state index is 0.213. The Morgan fingerprint density at radius 3 is 2.83 bits per heavy atom. The van der Waals surface area contributed by atoms with Gasteiger partial charge in [-0.2, -0.15) is 0 Å². The first-order valence-corrected chi connectivity index (χ1v) is 10.8. The van der Waals surface area contributed by atoms with Gasteiger partial charge < -0.3 is 9.84 Å². The summed E-state index contributed by atoms with van der Waals surface area (Å²) in [5.74, 6) is 1.24. The maximum absolute atomic E-state index is 13.7. The number of pyridine rings is 1. The van der Waals surface area contributed by atoms with E-state index in [9.17, 15) is 9.50 Å². The fraction of sp³-hybridized carbons (Fsp3) is 0.304. The molecule has 0 bridgehead atoms. The van der Waals surface area contributed by atoms with Crippen LogP contribution >= 0.6 is 11.3 Å². The van der Waals surface area contributed by atoms with Crippen LogP contribution in [0.1, 0.15) is 30.7 Å². The minimum Gasteiger partial charge on any atom is -0.457 e. The smallest absolute Gasteiger partial charge is 0.138 e. The molecule has 0 saturated heterocycles. The largest absolute Gasteiger partial charge is 0.457 e. The number of benzene rings is 2. The molecule has 29 heavy (non-hydrogen) atoms. The molecule has 1 aliphatic carbocycles. The molecule has 0 spiro atoms. The molecule has 1 fully saturated rings. The van der Waals surface area contributed by atoms with Crippen LogP contribution in [0.2, 0.25) is 0 Å². The van der Waals surface area contributed by atoms with E-state index in [1.807, 2.05) is 18.2 Å². The Hall–Kier alpha value is -2.57. The van der Waals surface area contributed by atoms with E-state index in [0.29, 0.717) is 28.3 Å². The summed E-state index contributed by atoms with van der Waals surface area (Å²) in [5.41, 5.74) is 1.63. The summed E-state index contributed by atoms with van der Waals surface area (Å²) >= 11 is 1.65. The highest BCUT2D eigenvalue weighted by Crippen LogP contribution is 2.34. The van der Waals surface area contributed by atoms with Gasteiger partial charge in [-0.05, 0) is 55.2 Å². The lowest BCUT2D eigenvalue weighted by atomic mass is 9.84. The van der Waals surface area contributed by atoms with E-state index in [1.54, 1.807) is 29.7 Å². The summed E-state index contributed by atoms with van der Waals surface area (Å²) in [6.07, 6.45) is 6.54. The van der Waals surface area contributed by atoms with Crippen LogP contribution in [-0.4, -0.2) is 21.2 Å². The van der Waals surface area contributed by atoms with Crippen LogP contribution in [0.4, 0.5) is 4.39 Å². The van der Waals surface area contributed by atoms with Crippen molar-refractivity contribution >= 4 is 32.5 Å². The molecule has 5 rings (SSSR count). The van der Waals surface area contributed by atoms with Crippen LogP contribution in [0.25, 0.3) is 21.1 Å². The number of nitrogens with zero attached hydrogens (tertiary/aromatic N) is 2. The van der Waals surface area contributed by atoms with Crippen LogP contribution in [-0.2, 0) is 6.42 Å². The molecule has 6 heteroatoms. The summed E-state index contributed by atoms with van der Waals surface area (Å²) in [6.45, 7) is 0. The Bertz CT molecular complexity index is 1180. The van der Waals surface area contributed by atoms with Crippen molar-refractivity contribution < 1.29 is 14.2 Å². The van der Waals surface area contributed by atoms with E-state index in [0.717, 1.165) is 40.9 Å². The molecule has 4 nitrogen and oxygen atoms in total. The molecule has 1 saturated carbocycles. The average molecular weight is 408 g/mol. The molecule has 1 N–H and O–H groups in total. The Balaban J connectivity index is 1.41.